The first-order valence-corrected chi connectivity index (χ1v) is 7.30. The topological polar surface area (TPSA) is 21.3 Å². The van der Waals surface area contributed by atoms with Gasteiger partial charge in [0.25, 0.3) is 0 Å². The largest absolute Gasteiger partial charge is 0.493 e. The third kappa shape index (κ3) is 3.26. The van der Waals surface area contributed by atoms with E-state index in [1.165, 1.54) is 31.2 Å². The van der Waals surface area contributed by atoms with Crippen molar-refractivity contribution in [3.63, 3.8) is 0 Å². The maximum Gasteiger partial charge on any atom is 0.122 e. The molecule has 0 fully saturated rings. The summed E-state index contributed by atoms with van der Waals surface area (Å²) in [6.45, 7) is 6.40. The molecule has 2 unspecified atom stereocenters. The second-order valence-electron chi connectivity index (χ2n) is 5.14. The van der Waals surface area contributed by atoms with Crippen LogP contribution in [0.25, 0.3) is 0 Å². The molecule has 1 N–H and O–H groups in total. The molecule has 0 radical (unpaired) electrons. The first-order valence-electron chi connectivity index (χ1n) is 7.30. The number of hydrogen-bond acceptors (Lipinski definition) is 2. The van der Waals surface area contributed by atoms with Gasteiger partial charge in [0.2, 0.25) is 0 Å². The van der Waals surface area contributed by atoms with E-state index in [2.05, 4.69) is 43.4 Å². The van der Waals surface area contributed by atoms with Crippen LogP contribution in [0.2, 0.25) is 0 Å². The van der Waals surface area contributed by atoms with Crippen LogP contribution in [-0.2, 0) is 0 Å². The van der Waals surface area contributed by atoms with E-state index in [1.807, 2.05) is 0 Å². The monoisotopic (exact) mass is 247 g/mol. The van der Waals surface area contributed by atoms with Crippen molar-refractivity contribution in [2.75, 3.05) is 13.2 Å². The van der Waals surface area contributed by atoms with Crippen LogP contribution >= 0.6 is 0 Å². The Morgan fingerprint density at radius 2 is 2.17 bits per heavy atom. The van der Waals surface area contributed by atoms with Gasteiger partial charge in [-0.15, -0.1) is 0 Å². The Hall–Kier alpha value is -1.02. The Balaban J connectivity index is 1.78. The fraction of sp³-hybridized carbons (Fsp3) is 0.625. The standard InChI is InChI=1S/C16H25NO/c1-3-14(17-4-2)9-7-8-13-12-18-16-11-6-5-10-15(13)16/h5-6,10-11,13-14,17H,3-4,7-9,12H2,1-2H3. The molecular formula is C16H25NO. The molecule has 2 heteroatoms. The highest BCUT2D eigenvalue weighted by atomic mass is 16.5. The summed E-state index contributed by atoms with van der Waals surface area (Å²) in [5.74, 6) is 1.71. The van der Waals surface area contributed by atoms with Crippen LogP contribution in [0.3, 0.4) is 0 Å². The summed E-state index contributed by atoms with van der Waals surface area (Å²) < 4.78 is 5.73. The SMILES string of the molecule is CCNC(CC)CCCC1COc2ccccc21. The zero-order valence-corrected chi connectivity index (χ0v) is 11.6. The van der Waals surface area contributed by atoms with E-state index < -0.39 is 0 Å². The molecular weight excluding hydrogens is 222 g/mol. The van der Waals surface area contributed by atoms with E-state index in [4.69, 9.17) is 4.74 Å². The number of hydrogen-bond donors (Lipinski definition) is 1. The van der Waals surface area contributed by atoms with Crippen LogP contribution < -0.4 is 10.1 Å². The van der Waals surface area contributed by atoms with Crippen LogP contribution in [0, 0.1) is 0 Å². The number of benzene rings is 1. The smallest absolute Gasteiger partial charge is 0.122 e. The van der Waals surface area contributed by atoms with Crippen LogP contribution in [0.5, 0.6) is 5.75 Å². The number of para-hydroxylation sites is 1. The Morgan fingerprint density at radius 3 is 2.94 bits per heavy atom. The molecule has 0 saturated heterocycles. The zero-order chi connectivity index (χ0) is 12.8. The predicted octanol–water partition coefficient (Wildman–Crippen LogP) is 3.72. The minimum atomic E-state index is 0.611. The van der Waals surface area contributed by atoms with E-state index >= 15 is 0 Å². The maximum absolute atomic E-state index is 5.73. The highest BCUT2D eigenvalue weighted by molar-refractivity contribution is 5.39. The van der Waals surface area contributed by atoms with Crippen molar-refractivity contribution in [1.29, 1.82) is 0 Å². The van der Waals surface area contributed by atoms with E-state index in [1.54, 1.807) is 0 Å². The molecule has 18 heavy (non-hydrogen) atoms. The van der Waals surface area contributed by atoms with Crippen molar-refractivity contribution in [3.05, 3.63) is 29.8 Å². The van der Waals surface area contributed by atoms with Gasteiger partial charge in [0.15, 0.2) is 0 Å². The molecule has 1 aliphatic heterocycles. The Labute approximate surface area is 111 Å². The van der Waals surface area contributed by atoms with E-state index in [0.717, 1.165) is 18.9 Å². The van der Waals surface area contributed by atoms with Crippen molar-refractivity contribution in [3.8, 4) is 5.75 Å². The lowest BCUT2D eigenvalue weighted by molar-refractivity contribution is 0.319. The molecule has 1 aliphatic rings. The maximum atomic E-state index is 5.73. The van der Waals surface area contributed by atoms with Gasteiger partial charge in [0.1, 0.15) is 5.75 Å². The Kier molecular flexibility index (Phi) is 5.06. The molecule has 2 nitrogen and oxygen atoms in total. The molecule has 100 valence electrons. The summed E-state index contributed by atoms with van der Waals surface area (Å²) in [6, 6.07) is 9.16. The van der Waals surface area contributed by atoms with Gasteiger partial charge in [0.05, 0.1) is 6.61 Å². The summed E-state index contributed by atoms with van der Waals surface area (Å²) in [6.07, 6.45) is 5.04. The average molecular weight is 247 g/mol. The first-order chi connectivity index (χ1) is 8.85. The molecule has 0 aromatic heterocycles. The summed E-state index contributed by atoms with van der Waals surface area (Å²) in [5.41, 5.74) is 1.41. The molecule has 2 atom stereocenters. The van der Waals surface area contributed by atoms with Gasteiger partial charge in [-0.25, -0.2) is 0 Å². The van der Waals surface area contributed by atoms with Gasteiger partial charge in [-0.2, -0.15) is 0 Å². The van der Waals surface area contributed by atoms with Gasteiger partial charge < -0.3 is 10.1 Å². The molecule has 0 spiro atoms. The molecule has 0 amide bonds. The highest BCUT2D eigenvalue weighted by Crippen LogP contribution is 2.36. The minimum absolute atomic E-state index is 0.611. The summed E-state index contributed by atoms with van der Waals surface area (Å²) in [7, 11) is 0. The number of nitrogens with one attached hydrogen (secondary N) is 1. The van der Waals surface area contributed by atoms with E-state index in [0.29, 0.717) is 12.0 Å². The minimum Gasteiger partial charge on any atom is -0.493 e. The summed E-state index contributed by atoms with van der Waals surface area (Å²) in [4.78, 5) is 0. The number of rotatable bonds is 7. The van der Waals surface area contributed by atoms with Gasteiger partial charge in [-0.05, 0) is 31.9 Å². The fourth-order valence-electron chi connectivity index (χ4n) is 2.82. The molecule has 0 aliphatic carbocycles. The molecule has 0 bridgehead atoms. The number of fused-ring (bicyclic) bond motifs is 1. The van der Waals surface area contributed by atoms with Crippen LogP contribution in [0.15, 0.2) is 24.3 Å². The third-order valence-electron chi connectivity index (χ3n) is 3.89. The van der Waals surface area contributed by atoms with Gasteiger partial charge in [-0.1, -0.05) is 38.5 Å². The van der Waals surface area contributed by atoms with Crippen LogP contribution in [-0.4, -0.2) is 19.2 Å². The Morgan fingerprint density at radius 1 is 1.33 bits per heavy atom. The first kappa shape index (κ1) is 13.4. The molecule has 2 rings (SSSR count). The second-order valence-corrected chi connectivity index (χ2v) is 5.14. The summed E-state index contributed by atoms with van der Waals surface area (Å²) in [5, 5.41) is 3.55. The number of ether oxygens (including phenoxy) is 1. The molecule has 0 saturated carbocycles. The second kappa shape index (κ2) is 6.79. The highest BCUT2D eigenvalue weighted by Gasteiger charge is 2.23. The lowest BCUT2D eigenvalue weighted by Crippen LogP contribution is -2.28. The fourth-order valence-corrected chi connectivity index (χ4v) is 2.82. The third-order valence-corrected chi connectivity index (χ3v) is 3.89. The lowest BCUT2D eigenvalue weighted by atomic mass is 9.94. The quantitative estimate of drug-likeness (QED) is 0.793. The van der Waals surface area contributed by atoms with Crippen molar-refractivity contribution in [2.24, 2.45) is 0 Å². The molecule has 1 aromatic carbocycles. The van der Waals surface area contributed by atoms with Crippen molar-refractivity contribution in [2.45, 2.75) is 51.5 Å². The average Bonchev–Trinajstić information content (AvgIpc) is 2.81. The molecule has 1 aromatic rings. The zero-order valence-electron chi connectivity index (χ0n) is 11.6. The van der Waals surface area contributed by atoms with Gasteiger partial charge in [0, 0.05) is 17.5 Å². The van der Waals surface area contributed by atoms with Crippen molar-refractivity contribution in [1.82, 2.24) is 5.32 Å². The summed E-state index contributed by atoms with van der Waals surface area (Å²) >= 11 is 0. The Bertz CT molecular complexity index is 364. The van der Waals surface area contributed by atoms with Crippen molar-refractivity contribution >= 4 is 0 Å². The van der Waals surface area contributed by atoms with Crippen LogP contribution in [0.4, 0.5) is 0 Å². The lowest BCUT2D eigenvalue weighted by Gasteiger charge is -2.16. The van der Waals surface area contributed by atoms with E-state index in [9.17, 15) is 0 Å². The normalized spacial score (nSPS) is 19.3. The predicted molar refractivity (Wildman–Crippen MR) is 76.3 cm³/mol. The van der Waals surface area contributed by atoms with Crippen molar-refractivity contribution < 1.29 is 4.74 Å². The van der Waals surface area contributed by atoms with Gasteiger partial charge in [-0.3, -0.25) is 0 Å². The van der Waals surface area contributed by atoms with Crippen LogP contribution in [0.1, 0.15) is 51.0 Å². The van der Waals surface area contributed by atoms with E-state index in [-0.39, 0.29) is 0 Å². The molecule has 1 heterocycles. The van der Waals surface area contributed by atoms with Gasteiger partial charge >= 0.3 is 0 Å².